The molecular formula is C13H26N4O4S. The Bertz CT molecular complexity index is 506. The van der Waals surface area contributed by atoms with Crippen molar-refractivity contribution in [3.63, 3.8) is 0 Å². The highest BCUT2D eigenvalue weighted by Gasteiger charge is 2.24. The minimum absolute atomic E-state index is 0.00314. The summed E-state index contributed by atoms with van der Waals surface area (Å²) in [5, 5.41) is 2.54. The van der Waals surface area contributed by atoms with E-state index in [1.165, 1.54) is 4.31 Å². The minimum Gasteiger partial charge on any atom is -0.346 e. The predicted molar refractivity (Wildman–Crippen MR) is 83.4 cm³/mol. The summed E-state index contributed by atoms with van der Waals surface area (Å²) >= 11 is 0. The van der Waals surface area contributed by atoms with Gasteiger partial charge in [0.15, 0.2) is 0 Å². The molecule has 0 spiro atoms. The van der Waals surface area contributed by atoms with Crippen LogP contribution in [0.2, 0.25) is 0 Å². The maximum atomic E-state index is 12.1. The van der Waals surface area contributed by atoms with Crippen LogP contribution in [0.4, 0.5) is 0 Å². The van der Waals surface area contributed by atoms with E-state index in [0.29, 0.717) is 26.1 Å². The largest absolute Gasteiger partial charge is 0.346 e. The number of nitrogens with one attached hydrogen (secondary N) is 1. The Balaban J connectivity index is 2.48. The van der Waals surface area contributed by atoms with Crippen LogP contribution in [0.15, 0.2) is 0 Å². The van der Waals surface area contributed by atoms with Crippen LogP contribution in [0.25, 0.3) is 0 Å². The van der Waals surface area contributed by atoms with Crippen LogP contribution in [0.1, 0.15) is 20.3 Å². The summed E-state index contributed by atoms with van der Waals surface area (Å²) < 4.78 is 24.4. The number of sulfonamides is 1. The monoisotopic (exact) mass is 334 g/mol. The first-order chi connectivity index (χ1) is 10.1. The third kappa shape index (κ3) is 5.54. The van der Waals surface area contributed by atoms with E-state index in [-0.39, 0.29) is 30.8 Å². The number of nitrogens with two attached hydrogens (primary N) is 1. The Labute approximate surface area is 132 Å². The molecule has 0 aromatic heterocycles. The second-order valence-corrected chi connectivity index (χ2v) is 7.87. The summed E-state index contributed by atoms with van der Waals surface area (Å²) in [6, 6.07) is -0.641. The Morgan fingerprint density at radius 2 is 1.82 bits per heavy atom. The van der Waals surface area contributed by atoms with Gasteiger partial charge in [-0.3, -0.25) is 9.59 Å². The Hall–Kier alpha value is -1.19. The van der Waals surface area contributed by atoms with E-state index < -0.39 is 16.1 Å². The van der Waals surface area contributed by atoms with Crippen molar-refractivity contribution in [3.8, 4) is 0 Å². The highest BCUT2D eigenvalue weighted by Crippen LogP contribution is 2.07. The van der Waals surface area contributed by atoms with E-state index >= 15 is 0 Å². The van der Waals surface area contributed by atoms with Crippen LogP contribution >= 0.6 is 0 Å². The lowest BCUT2D eigenvalue weighted by atomic mass is 10.1. The lowest BCUT2D eigenvalue weighted by Crippen LogP contribution is -2.48. The summed E-state index contributed by atoms with van der Waals surface area (Å²) in [6.07, 6.45) is 1.75. The van der Waals surface area contributed by atoms with Gasteiger partial charge in [0.05, 0.1) is 18.8 Å². The first kappa shape index (κ1) is 18.9. The average molecular weight is 334 g/mol. The number of carbonyl (C=O) groups excluding carboxylic acids is 2. The minimum atomic E-state index is -3.24. The van der Waals surface area contributed by atoms with Crippen LogP contribution in [-0.4, -0.2) is 74.5 Å². The molecule has 0 bridgehead atoms. The van der Waals surface area contributed by atoms with Gasteiger partial charge in [0.2, 0.25) is 21.8 Å². The summed E-state index contributed by atoms with van der Waals surface area (Å²) in [6.45, 7) is 5.06. The van der Waals surface area contributed by atoms with Crippen molar-refractivity contribution in [2.45, 2.75) is 26.3 Å². The van der Waals surface area contributed by atoms with Crippen molar-refractivity contribution in [3.05, 3.63) is 0 Å². The first-order valence-corrected chi connectivity index (χ1v) is 9.24. The van der Waals surface area contributed by atoms with Gasteiger partial charge < -0.3 is 16.0 Å². The van der Waals surface area contributed by atoms with Gasteiger partial charge in [-0.15, -0.1) is 0 Å². The molecule has 2 amide bonds. The molecule has 128 valence electrons. The van der Waals surface area contributed by atoms with Crippen molar-refractivity contribution < 1.29 is 18.0 Å². The normalized spacial score (nSPS) is 18.9. The van der Waals surface area contributed by atoms with Crippen LogP contribution in [0, 0.1) is 5.92 Å². The molecule has 1 aliphatic heterocycles. The zero-order chi connectivity index (χ0) is 16.9. The Kier molecular flexibility index (Phi) is 6.76. The van der Waals surface area contributed by atoms with Crippen molar-refractivity contribution in [1.29, 1.82) is 0 Å². The number of amides is 2. The summed E-state index contributed by atoms with van der Waals surface area (Å²) in [5.74, 6) is -0.577. The van der Waals surface area contributed by atoms with Gasteiger partial charge in [-0.2, -0.15) is 0 Å². The molecular weight excluding hydrogens is 308 g/mol. The average Bonchev–Trinajstić information content (AvgIpc) is 2.68. The highest BCUT2D eigenvalue weighted by atomic mass is 32.2. The molecule has 1 fully saturated rings. The molecule has 8 nitrogen and oxygen atoms in total. The quantitative estimate of drug-likeness (QED) is 0.641. The van der Waals surface area contributed by atoms with Gasteiger partial charge in [0.1, 0.15) is 0 Å². The molecule has 1 aliphatic rings. The maximum Gasteiger partial charge on any atom is 0.242 e. The third-order valence-corrected chi connectivity index (χ3v) is 5.01. The van der Waals surface area contributed by atoms with E-state index in [1.54, 1.807) is 4.90 Å². The van der Waals surface area contributed by atoms with Gasteiger partial charge in [-0.25, -0.2) is 12.7 Å². The van der Waals surface area contributed by atoms with E-state index in [9.17, 15) is 18.0 Å². The first-order valence-electron chi connectivity index (χ1n) is 7.39. The second kappa shape index (κ2) is 7.89. The molecule has 22 heavy (non-hydrogen) atoms. The molecule has 0 aliphatic carbocycles. The maximum absolute atomic E-state index is 12.1. The van der Waals surface area contributed by atoms with Gasteiger partial charge in [-0.05, 0) is 12.3 Å². The van der Waals surface area contributed by atoms with Crippen LogP contribution in [0.5, 0.6) is 0 Å². The predicted octanol–water partition coefficient (Wildman–Crippen LogP) is -1.42. The summed E-state index contributed by atoms with van der Waals surface area (Å²) in [7, 11) is -3.24. The summed E-state index contributed by atoms with van der Waals surface area (Å²) in [5.41, 5.74) is 5.71. The number of hydrogen-bond acceptors (Lipinski definition) is 5. The fourth-order valence-corrected chi connectivity index (χ4v) is 3.04. The molecule has 0 aromatic rings. The van der Waals surface area contributed by atoms with Gasteiger partial charge >= 0.3 is 0 Å². The molecule has 9 heteroatoms. The lowest BCUT2D eigenvalue weighted by Gasteiger charge is -2.22. The van der Waals surface area contributed by atoms with Crippen LogP contribution in [-0.2, 0) is 19.6 Å². The van der Waals surface area contributed by atoms with Crippen molar-refractivity contribution in [2.75, 3.05) is 39.0 Å². The van der Waals surface area contributed by atoms with Crippen molar-refractivity contribution in [1.82, 2.24) is 14.5 Å². The topological polar surface area (TPSA) is 113 Å². The standard InChI is InChI=1S/C13H26N4O4S/c1-10(2)12(14)13(19)15-9-11(18)16-5-4-6-17(8-7-16)22(3,20)21/h10,12H,4-9,14H2,1-3H3,(H,15,19)/t12-/m0/s1. The fraction of sp³-hybridized carbons (Fsp3) is 0.846. The summed E-state index contributed by atoms with van der Waals surface area (Å²) in [4.78, 5) is 25.4. The molecule has 1 atom stereocenters. The molecule has 0 unspecified atom stereocenters. The number of carbonyl (C=O) groups is 2. The Morgan fingerprint density at radius 3 is 2.36 bits per heavy atom. The van der Waals surface area contributed by atoms with Gasteiger partial charge in [0.25, 0.3) is 0 Å². The lowest BCUT2D eigenvalue weighted by molar-refractivity contribution is -0.133. The molecule has 3 N–H and O–H groups in total. The van der Waals surface area contributed by atoms with Crippen molar-refractivity contribution in [2.24, 2.45) is 11.7 Å². The van der Waals surface area contributed by atoms with Crippen molar-refractivity contribution >= 4 is 21.8 Å². The molecule has 0 saturated carbocycles. The highest BCUT2D eigenvalue weighted by molar-refractivity contribution is 7.88. The van der Waals surface area contributed by atoms with Crippen LogP contribution in [0.3, 0.4) is 0 Å². The zero-order valence-corrected chi connectivity index (χ0v) is 14.2. The van der Waals surface area contributed by atoms with Gasteiger partial charge in [-0.1, -0.05) is 13.8 Å². The molecule has 1 saturated heterocycles. The van der Waals surface area contributed by atoms with E-state index in [0.717, 1.165) is 6.26 Å². The molecule has 0 radical (unpaired) electrons. The number of nitrogens with zero attached hydrogens (tertiary/aromatic N) is 2. The fourth-order valence-electron chi connectivity index (χ4n) is 2.17. The van der Waals surface area contributed by atoms with E-state index in [4.69, 9.17) is 5.73 Å². The smallest absolute Gasteiger partial charge is 0.242 e. The number of hydrogen-bond donors (Lipinski definition) is 2. The second-order valence-electron chi connectivity index (χ2n) is 5.88. The Morgan fingerprint density at radius 1 is 1.18 bits per heavy atom. The molecule has 1 rings (SSSR count). The van der Waals surface area contributed by atoms with E-state index in [1.807, 2.05) is 13.8 Å². The number of rotatable bonds is 5. The molecule has 0 aromatic carbocycles. The molecule has 1 heterocycles. The zero-order valence-electron chi connectivity index (χ0n) is 13.4. The van der Waals surface area contributed by atoms with Crippen LogP contribution < -0.4 is 11.1 Å². The van der Waals surface area contributed by atoms with Gasteiger partial charge in [0, 0.05) is 26.2 Å². The SMILES string of the molecule is CC(C)[C@H](N)C(=O)NCC(=O)N1CCCN(S(C)(=O)=O)CC1. The third-order valence-electron chi connectivity index (χ3n) is 3.71. The van der Waals surface area contributed by atoms with E-state index in [2.05, 4.69) is 5.32 Å².